The number of carbonyl (C=O) groups excluding carboxylic acids is 1. The molecular formula is C20H33NO3. The van der Waals surface area contributed by atoms with Crippen LogP contribution in [0.3, 0.4) is 0 Å². The van der Waals surface area contributed by atoms with Crippen LogP contribution in [-0.4, -0.2) is 40.3 Å². The molecule has 0 saturated heterocycles. The standard InChI is InChI=1S/C20H33NO3/c1-3-5-9-17(4-2)12-13-19(23)20(24)21(14-15-22)16-18-10-7-6-8-11-18/h6-8,10-11,17,19,22-23H,3-5,9,12-16H2,1-2H3. The number of aliphatic hydroxyl groups is 2. The zero-order chi connectivity index (χ0) is 17.8. The minimum Gasteiger partial charge on any atom is -0.395 e. The van der Waals surface area contributed by atoms with E-state index in [0.29, 0.717) is 18.9 Å². The van der Waals surface area contributed by atoms with Crippen LogP contribution in [0.5, 0.6) is 0 Å². The lowest BCUT2D eigenvalue weighted by molar-refractivity contribution is -0.141. The van der Waals surface area contributed by atoms with E-state index in [1.54, 1.807) is 4.90 Å². The van der Waals surface area contributed by atoms with E-state index >= 15 is 0 Å². The predicted octanol–water partition coefficient (Wildman–Crippen LogP) is 3.37. The summed E-state index contributed by atoms with van der Waals surface area (Å²) in [5, 5.41) is 19.5. The summed E-state index contributed by atoms with van der Waals surface area (Å²) in [5.74, 6) is 0.297. The summed E-state index contributed by atoms with van der Waals surface area (Å²) in [7, 11) is 0. The third-order valence-corrected chi connectivity index (χ3v) is 4.57. The molecule has 1 amide bonds. The lowest BCUT2D eigenvalue weighted by Gasteiger charge is -2.25. The van der Waals surface area contributed by atoms with Crippen LogP contribution in [0.1, 0.15) is 57.9 Å². The summed E-state index contributed by atoms with van der Waals surface area (Å²) in [5.41, 5.74) is 1.00. The van der Waals surface area contributed by atoms with E-state index in [2.05, 4.69) is 13.8 Å². The van der Waals surface area contributed by atoms with E-state index in [0.717, 1.165) is 24.8 Å². The second-order valence-corrected chi connectivity index (χ2v) is 6.48. The van der Waals surface area contributed by atoms with Crippen LogP contribution in [-0.2, 0) is 11.3 Å². The maximum absolute atomic E-state index is 12.5. The van der Waals surface area contributed by atoms with Crippen molar-refractivity contribution in [2.75, 3.05) is 13.2 Å². The van der Waals surface area contributed by atoms with Crippen LogP contribution >= 0.6 is 0 Å². The van der Waals surface area contributed by atoms with Gasteiger partial charge < -0.3 is 15.1 Å². The SMILES string of the molecule is CCCCC(CC)CCC(O)C(=O)N(CCO)Cc1ccccc1. The van der Waals surface area contributed by atoms with Crippen molar-refractivity contribution in [2.24, 2.45) is 5.92 Å². The molecule has 0 aliphatic rings. The minimum absolute atomic E-state index is 0.0978. The molecule has 0 heterocycles. The van der Waals surface area contributed by atoms with E-state index in [1.165, 1.54) is 12.8 Å². The molecule has 1 rings (SSSR count). The maximum Gasteiger partial charge on any atom is 0.251 e. The summed E-state index contributed by atoms with van der Waals surface area (Å²) in [6.45, 7) is 4.92. The van der Waals surface area contributed by atoms with Crippen molar-refractivity contribution in [3.63, 3.8) is 0 Å². The highest BCUT2D eigenvalue weighted by Gasteiger charge is 2.23. The van der Waals surface area contributed by atoms with Crippen LogP contribution in [0.4, 0.5) is 0 Å². The van der Waals surface area contributed by atoms with Crippen molar-refractivity contribution < 1.29 is 15.0 Å². The molecule has 0 bridgehead atoms. The van der Waals surface area contributed by atoms with Crippen molar-refractivity contribution in [3.05, 3.63) is 35.9 Å². The molecule has 0 aromatic heterocycles. The first-order chi connectivity index (χ1) is 11.6. The second kappa shape index (κ2) is 12.0. The van der Waals surface area contributed by atoms with E-state index in [4.69, 9.17) is 0 Å². The van der Waals surface area contributed by atoms with Gasteiger partial charge in [0.1, 0.15) is 6.10 Å². The van der Waals surface area contributed by atoms with Crippen LogP contribution in [0, 0.1) is 5.92 Å². The summed E-state index contributed by atoms with van der Waals surface area (Å²) in [6.07, 6.45) is 5.03. The molecule has 1 aromatic rings. The number of amides is 1. The summed E-state index contributed by atoms with van der Waals surface area (Å²) >= 11 is 0. The Morgan fingerprint density at radius 3 is 2.42 bits per heavy atom. The van der Waals surface area contributed by atoms with Crippen molar-refractivity contribution in [3.8, 4) is 0 Å². The lowest BCUT2D eigenvalue weighted by Crippen LogP contribution is -2.40. The molecule has 0 radical (unpaired) electrons. The molecule has 2 N–H and O–H groups in total. The van der Waals surface area contributed by atoms with Crippen molar-refractivity contribution in [1.82, 2.24) is 4.90 Å². The maximum atomic E-state index is 12.5. The van der Waals surface area contributed by atoms with E-state index < -0.39 is 6.10 Å². The number of benzene rings is 1. The lowest BCUT2D eigenvalue weighted by atomic mass is 9.93. The van der Waals surface area contributed by atoms with Crippen molar-refractivity contribution >= 4 is 5.91 Å². The van der Waals surface area contributed by atoms with Crippen molar-refractivity contribution in [2.45, 2.75) is 65.0 Å². The average molecular weight is 335 g/mol. The van der Waals surface area contributed by atoms with Gasteiger partial charge in [-0.25, -0.2) is 0 Å². The molecule has 24 heavy (non-hydrogen) atoms. The molecule has 0 aliphatic carbocycles. The predicted molar refractivity (Wildman–Crippen MR) is 97.5 cm³/mol. The Bertz CT molecular complexity index is 449. The molecule has 0 saturated carbocycles. The Balaban J connectivity index is 2.55. The zero-order valence-electron chi connectivity index (χ0n) is 15.2. The largest absolute Gasteiger partial charge is 0.395 e. The fourth-order valence-corrected chi connectivity index (χ4v) is 2.96. The van der Waals surface area contributed by atoms with Gasteiger partial charge in [0.05, 0.1) is 6.61 Å². The molecule has 4 nitrogen and oxygen atoms in total. The molecule has 2 unspecified atom stereocenters. The Kier molecular flexibility index (Phi) is 10.4. The average Bonchev–Trinajstić information content (AvgIpc) is 2.61. The fraction of sp³-hybridized carbons (Fsp3) is 0.650. The molecule has 0 fully saturated rings. The Morgan fingerprint density at radius 1 is 1.12 bits per heavy atom. The number of nitrogens with zero attached hydrogens (tertiary/aromatic N) is 1. The summed E-state index contributed by atoms with van der Waals surface area (Å²) in [4.78, 5) is 14.1. The van der Waals surface area contributed by atoms with Gasteiger partial charge >= 0.3 is 0 Å². The molecule has 0 aliphatic heterocycles. The third kappa shape index (κ3) is 7.45. The number of hydrogen-bond acceptors (Lipinski definition) is 3. The highest BCUT2D eigenvalue weighted by atomic mass is 16.3. The summed E-state index contributed by atoms with van der Waals surface area (Å²) in [6, 6.07) is 9.67. The van der Waals surface area contributed by atoms with E-state index in [9.17, 15) is 15.0 Å². The number of unbranched alkanes of at least 4 members (excludes halogenated alkanes) is 1. The van der Waals surface area contributed by atoms with Gasteiger partial charge in [-0.1, -0.05) is 69.9 Å². The van der Waals surface area contributed by atoms with Crippen molar-refractivity contribution in [1.29, 1.82) is 0 Å². The van der Waals surface area contributed by atoms with Gasteiger partial charge in [0, 0.05) is 13.1 Å². The van der Waals surface area contributed by atoms with E-state index in [1.807, 2.05) is 30.3 Å². The first-order valence-corrected chi connectivity index (χ1v) is 9.23. The fourth-order valence-electron chi connectivity index (χ4n) is 2.96. The molecule has 4 heteroatoms. The van der Waals surface area contributed by atoms with Gasteiger partial charge in [0.15, 0.2) is 0 Å². The second-order valence-electron chi connectivity index (χ2n) is 6.48. The molecule has 0 spiro atoms. The van der Waals surface area contributed by atoms with Crippen LogP contribution in [0.15, 0.2) is 30.3 Å². The Hall–Kier alpha value is -1.39. The number of rotatable bonds is 12. The molecule has 1 aromatic carbocycles. The number of aliphatic hydroxyl groups excluding tert-OH is 2. The van der Waals surface area contributed by atoms with E-state index in [-0.39, 0.29) is 19.1 Å². The van der Waals surface area contributed by atoms with Gasteiger partial charge in [-0.15, -0.1) is 0 Å². The molecule has 136 valence electrons. The smallest absolute Gasteiger partial charge is 0.251 e. The quantitative estimate of drug-likeness (QED) is 0.616. The van der Waals surface area contributed by atoms with Crippen LogP contribution in [0.2, 0.25) is 0 Å². The van der Waals surface area contributed by atoms with Gasteiger partial charge in [0.2, 0.25) is 0 Å². The highest BCUT2D eigenvalue weighted by molar-refractivity contribution is 5.80. The first-order valence-electron chi connectivity index (χ1n) is 9.23. The number of hydrogen-bond donors (Lipinski definition) is 2. The zero-order valence-corrected chi connectivity index (χ0v) is 15.2. The highest BCUT2D eigenvalue weighted by Crippen LogP contribution is 2.20. The Morgan fingerprint density at radius 2 is 1.83 bits per heavy atom. The normalized spacial score (nSPS) is 13.5. The minimum atomic E-state index is -0.976. The van der Waals surface area contributed by atoms with Gasteiger partial charge in [-0.05, 0) is 24.3 Å². The molecule has 2 atom stereocenters. The van der Waals surface area contributed by atoms with Gasteiger partial charge in [-0.2, -0.15) is 0 Å². The van der Waals surface area contributed by atoms with Gasteiger partial charge in [-0.3, -0.25) is 4.79 Å². The Labute approximate surface area is 146 Å². The van der Waals surface area contributed by atoms with Gasteiger partial charge in [0.25, 0.3) is 5.91 Å². The van der Waals surface area contributed by atoms with Crippen LogP contribution in [0.25, 0.3) is 0 Å². The monoisotopic (exact) mass is 335 g/mol. The summed E-state index contributed by atoms with van der Waals surface area (Å²) < 4.78 is 0. The first kappa shape index (κ1) is 20.7. The third-order valence-electron chi connectivity index (χ3n) is 4.57. The number of carbonyl (C=O) groups is 1. The topological polar surface area (TPSA) is 60.8 Å². The molecular weight excluding hydrogens is 302 g/mol. The van der Waals surface area contributed by atoms with Crippen LogP contribution < -0.4 is 0 Å².